The van der Waals surface area contributed by atoms with Crippen LogP contribution >= 0.6 is 11.3 Å². The van der Waals surface area contributed by atoms with E-state index in [4.69, 9.17) is 9.15 Å². The summed E-state index contributed by atoms with van der Waals surface area (Å²) in [5.74, 6) is -0.155. The van der Waals surface area contributed by atoms with Crippen molar-refractivity contribution in [1.29, 1.82) is 0 Å². The van der Waals surface area contributed by atoms with E-state index in [2.05, 4.69) is 10.6 Å². The lowest BCUT2D eigenvalue weighted by atomic mass is 9.95. The molecular weight excluding hydrogens is 424 g/mol. The molecule has 6 nitrogen and oxygen atoms in total. The van der Waals surface area contributed by atoms with Crippen molar-refractivity contribution in [3.63, 3.8) is 0 Å². The molecule has 2 amide bonds. The number of nitrogens with one attached hydrogen (secondary N) is 2. The van der Waals surface area contributed by atoms with Crippen molar-refractivity contribution in [3.05, 3.63) is 51.1 Å². The molecule has 32 heavy (non-hydrogen) atoms. The van der Waals surface area contributed by atoms with E-state index in [0.29, 0.717) is 28.5 Å². The van der Waals surface area contributed by atoms with Crippen LogP contribution in [0.2, 0.25) is 0 Å². The molecule has 1 aromatic carbocycles. The summed E-state index contributed by atoms with van der Waals surface area (Å²) in [6.07, 6.45) is 6.07. The molecule has 0 unspecified atom stereocenters. The molecule has 1 saturated heterocycles. The van der Waals surface area contributed by atoms with Crippen molar-refractivity contribution >= 4 is 39.1 Å². The van der Waals surface area contributed by atoms with Crippen LogP contribution in [0.1, 0.15) is 68.2 Å². The molecule has 1 atom stereocenters. The molecule has 0 spiro atoms. The quantitative estimate of drug-likeness (QED) is 0.561. The third-order valence-corrected chi connectivity index (χ3v) is 7.65. The Balaban J connectivity index is 1.42. The van der Waals surface area contributed by atoms with Gasteiger partial charge in [0.25, 0.3) is 11.8 Å². The lowest BCUT2D eigenvalue weighted by Gasteiger charge is -2.15. The predicted octanol–water partition coefficient (Wildman–Crippen LogP) is 5.15. The van der Waals surface area contributed by atoms with Gasteiger partial charge in [0.05, 0.1) is 11.7 Å². The largest absolute Gasteiger partial charge is 0.451 e. The van der Waals surface area contributed by atoms with Gasteiger partial charge >= 0.3 is 0 Å². The first-order valence-corrected chi connectivity index (χ1v) is 12.2. The Morgan fingerprint density at radius 3 is 2.78 bits per heavy atom. The highest BCUT2D eigenvalue weighted by atomic mass is 32.1. The number of fused-ring (bicyclic) bond motifs is 2. The van der Waals surface area contributed by atoms with Crippen LogP contribution in [-0.4, -0.2) is 31.1 Å². The predicted molar refractivity (Wildman–Crippen MR) is 126 cm³/mol. The molecule has 0 radical (unpaired) electrons. The van der Waals surface area contributed by atoms with Crippen LogP contribution in [0.25, 0.3) is 11.0 Å². The van der Waals surface area contributed by atoms with Crippen molar-refractivity contribution in [2.45, 2.75) is 58.5 Å². The van der Waals surface area contributed by atoms with Crippen molar-refractivity contribution in [2.75, 3.05) is 18.5 Å². The Hall–Kier alpha value is -2.64. The van der Waals surface area contributed by atoms with Gasteiger partial charge in [0.2, 0.25) is 0 Å². The zero-order chi connectivity index (χ0) is 22.2. The van der Waals surface area contributed by atoms with Gasteiger partial charge in [-0.15, -0.1) is 11.3 Å². The van der Waals surface area contributed by atoms with Crippen molar-refractivity contribution in [1.82, 2.24) is 5.32 Å². The van der Waals surface area contributed by atoms with Crippen LogP contribution in [-0.2, 0) is 17.6 Å². The van der Waals surface area contributed by atoms with Gasteiger partial charge in [-0.2, -0.15) is 0 Å². The van der Waals surface area contributed by atoms with E-state index in [1.54, 1.807) is 0 Å². The minimum Gasteiger partial charge on any atom is -0.451 e. The van der Waals surface area contributed by atoms with Gasteiger partial charge in [-0.05, 0) is 69.6 Å². The highest BCUT2D eigenvalue weighted by Gasteiger charge is 2.28. The molecule has 1 aliphatic heterocycles. The zero-order valence-corrected chi connectivity index (χ0v) is 19.3. The summed E-state index contributed by atoms with van der Waals surface area (Å²) in [6.45, 7) is 5.14. The smallest absolute Gasteiger partial charge is 0.292 e. The Kier molecular flexibility index (Phi) is 5.78. The summed E-state index contributed by atoms with van der Waals surface area (Å²) < 4.78 is 11.5. The summed E-state index contributed by atoms with van der Waals surface area (Å²) in [4.78, 5) is 27.6. The first kappa shape index (κ1) is 21.2. The summed E-state index contributed by atoms with van der Waals surface area (Å²) >= 11 is 1.52. The highest BCUT2D eigenvalue weighted by molar-refractivity contribution is 7.17. The van der Waals surface area contributed by atoms with E-state index in [1.165, 1.54) is 16.2 Å². The summed E-state index contributed by atoms with van der Waals surface area (Å²) in [7, 11) is 0. The number of carbonyl (C=O) groups excluding carboxylic acids is 2. The highest BCUT2D eigenvalue weighted by Crippen LogP contribution is 2.39. The number of hydrogen-bond acceptors (Lipinski definition) is 5. The second-order valence-corrected chi connectivity index (χ2v) is 9.88. The molecule has 1 aliphatic carbocycles. The number of aryl methyl sites for hydroxylation is 3. The molecular formula is C25H28N2O4S. The summed E-state index contributed by atoms with van der Waals surface area (Å²) in [5, 5.41) is 7.59. The van der Waals surface area contributed by atoms with Crippen LogP contribution in [0.4, 0.5) is 5.00 Å². The first-order chi connectivity index (χ1) is 15.5. The Bertz CT molecular complexity index is 1190. The second-order valence-electron chi connectivity index (χ2n) is 8.77. The van der Waals surface area contributed by atoms with Gasteiger partial charge < -0.3 is 19.8 Å². The Labute approximate surface area is 191 Å². The minimum atomic E-state index is -0.317. The van der Waals surface area contributed by atoms with Crippen LogP contribution in [0.3, 0.4) is 0 Å². The van der Waals surface area contributed by atoms with Crippen LogP contribution in [0.5, 0.6) is 0 Å². The SMILES string of the molecule is Cc1ccc2c(C)c(C(=O)Nc3sc4c(c3C(=O)NC[C@@H]3CCCO3)CCCC4)oc2c1. The lowest BCUT2D eigenvalue weighted by Crippen LogP contribution is -2.32. The molecule has 0 saturated carbocycles. The lowest BCUT2D eigenvalue weighted by molar-refractivity contribution is 0.0858. The van der Waals surface area contributed by atoms with Crippen LogP contribution in [0, 0.1) is 13.8 Å². The fourth-order valence-electron chi connectivity index (χ4n) is 4.70. The van der Waals surface area contributed by atoms with E-state index in [0.717, 1.165) is 67.2 Å². The van der Waals surface area contributed by atoms with E-state index in [9.17, 15) is 9.59 Å². The minimum absolute atomic E-state index is 0.0770. The average Bonchev–Trinajstić information content (AvgIpc) is 3.49. The molecule has 3 aromatic rings. The summed E-state index contributed by atoms with van der Waals surface area (Å²) in [5.41, 5.74) is 4.28. The first-order valence-electron chi connectivity index (χ1n) is 11.4. The molecule has 7 heteroatoms. The van der Waals surface area contributed by atoms with E-state index in [1.807, 2.05) is 32.0 Å². The number of furan rings is 1. The molecule has 0 bridgehead atoms. The maximum Gasteiger partial charge on any atom is 0.292 e. The van der Waals surface area contributed by atoms with Gasteiger partial charge in [0, 0.05) is 29.0 Å². The number of amides is 2. The van der Waals surface area contributed by atoms with Crippen LogP contribution < -0.4 is 10.6 Å². The number of benzene rings is 1. The molecule has 2 aromatic heterocycles. The third-order valence-electron chi connectivity index (χ3n) is 6.44. The Morgan fingerprint density at radius 1 is 1.12 bits per heavy atom. The fraction of sp³-hybridized carbons (Fsp3) is 0.440. The molecule has 3 heterocycles. The monoisotopic (exact) mass is 452 g/mol. The van der Waals surface area contributed by atoms with Gasteiger partial charge in [-0.25, -0.2) is 0 Å². The van der Waals surface area contributed by atoms with Crippen molar-refractivity contribution in [2.24, 2.45) is 0 Å². The maximum absolute atomic E-state index is 13.2. The van der Waals surface area contributed by atoms with E-state index < -0.39 is 0 Å². The second kappa shape index (κ2) is 8.71. The molecule has 2 N–H and O–H groups in total. The number of anilines is 1. The topological polar surface area (TPSA) is 80.6 Å². The normalized spacial score (nSPS) is 18.0. The number of thiophene rings is 1. The van der Waals surface area contributed by atoms with Crippen molar-refractivity contribution in [3.8, 4) is 0 Å². The molecule has 168 valence electrons. The zero-order valence-electron chi connectivity index (χ0n) is 18.5. The third kappa shape index (κ3) is 3.95. The fourth-order valence-corrected chi connectivity index (χ4v) is 5.99. The average molecular weight is 453 g/mol. The Morgan fingerprint density at radius 2 is 1.97 bits per heavy atom. The number of carbonyl (C=O) groups is 2. The van der Waals surface area contributed by atoms with Crippen LogP contribution in [0.15, 0.2) is 22.6 Å². The molecule has 2 aliphatic rings. The number of ether oxygens (including phenoxy) is 1. The number of hydrogen-bond donors (Lipinski definition) is 2. The molecule has 5 rings (SSSR count). The maximum atomic E-state index is 13.2. The van der Waals surface area contributed by atoms with Gasteiger partial charge in [-0.1, -0.05) is 12.1 Å². The summed E-state index contributed by atoms with van der Waals surface area (Å²) in [6, 6.07) is 5.93. The van der Waals surface area contributed by atoms with Crippen molar-refractivity contribution < 1.29 is 18.7 Å². The van der Waals surface area contributed by atoms with Gasteiger partial charge in [-0.3, -0.25) is 9.59 Å². The van der Waals surface area contributed by atoms with Gasteiger partial charge in [0.15, 0.2) is 5.76 Å². The number of rotatable bonds is 5. The van der Waals surface area contributed by atoms with E-state index >= 15 is 0 Å². The van der Waals surface area contributed by atoms with Gasteiger partial charge in [0.1, 0.15) is 10.6 Å². The standard InChI is InChI=1S/C25H28N2O4S/c1-14-9-10-17-15(2)22(31-19(17)12-14)24(29)27-25-21(18-7-3-4-8-20(18)32-25)23(28)26-13-16-6-5-11-30-16/h9-10,12,16H,3-8,11,13H2,1-2H3,(H,26,28)(H,27,29)/t16-/m0/s1. The molecule has 1 fully saturated rings. The van der Waals surface area contributed by atoms with E-state index in [-0.39, 0.29) is 17.9 Å².